The first-order valence-electron chi connectivity index (χ1n) is 17.2. The SMILES string of the molecule is CCCCCCCCN1C(=O)C2=C(c3ccc(C(C)C)cc3)N(CCCCCCCC)C(=O)C2=C1c1ccc(CC)cc1. The van der Waals surface area contributed by atoms with E-state index in [0.29, 0.717) is 30.2 Å². The van der Waals surface area contributed by atoms with E-state index in [4.69, 9.17) is 0 Å². The van der Waals surface area contributed by atoms with E-state index in [1.807, 2.05) is 9.80 Å². The molecule has 43 heavy (non-hydrogen) atoms. The Morgan fingerprint density at radius 1 is 0.535 bits per heavy atom. The number of aryl methyl sites for hydroxylation is 1. The summed E-state index contributed by atoms with van der Waals surface area (Å²) in [4.78, 5) is 32.7. The molecule has 4 heteroatoms. The average Bonchev–Trinajstić information content (AvgIpc) is 3.47. The molecule has 0 saturated heterocycles. The largest absolute Gasteiger partial charge is 0.307 e. The summed E-state index contributed by atoms with van der Waals surface area (Å²) in [6.45, 7) is 12.3. The number of nitrogens with zero attached hydrogens (tertiary/aromatic N) is 2. The fourth-order valence-corrected chi connectivity index (χ4v) is 6.45. The summed E-state index contributed by atoms with van der Waals surface area (Å²) >= 11 is 0. The predicted octanol–water partition coefficient (Wildman–Crippen LogP) is 9.90. The highest BCUT2D eigenvalue weighted by molar-refractivity contribution is 6.30. The van der Waals surface area contributed by atoms with Crippen LogP contribution < -0.4 is 0 Å². The number of benzene rings is 2. The number of fused-ring (bicyclic) bond motifs is 1. The molecule has 0 spiro atoms. The van der Waals surface area contributed by atoms with Crippen LogP contribution in [0.4, 0.5) is 0 Å². The molecule has 2 amide bonds. The van der Waals surface area contributed by atoms with Gasteiger partial charge in [0.15, 0.2) is 0 Å². The number of hydrogen-bond donors (Lipinski definition) is 0. The van der Waals surface area contributed by atoms with Crippen molar-refractivity contribution >= 4 is 23.2 Å². The number of unbranched alkanes of at least 4 members (excludes halogenated alkanes) is 10. The van der Waals surface area contributed by atoms with Crippen LogP contribution in [0.5, 0.6) is 0 Å². The Morgan fingerprint density at radius 2 is 0.930 bits per heavy atom. The van der Waals surface area contributed by atoms with E-state index in [0.717, 1.165) is 54.6 Å². The first-order valence-corrected chi connectivity index (χ1v) is 17.2. The lowest BCUT2D eigenvalue weighted by atomic mass is 9.98. The Hall–Kier alpha value is -3.14. The zero-order valence-corrected chi connectivity index (χ0v) is 27.5. The molecular formula is C39H54N2O2. The van der Waals surface area contributed by atoms with Gasteiger partial charge in [-0.3, -0.25) is 9.59 Å². The summed E-state index contributed by atoms with van der Waals surface area (Å²) in [6.07, 6.45) is 14.9. The summed E-state index contributed by atoms with van der Waals surface area (Å²) in [5.41, 5.74) is 7.27. The van der Waals surface area contributed by atoms with Gasteiger partial charge < -0.3 is 9.80 Å². The summed E-state index contributed by atoms with van der Waals surface area (Å²) in [7, 11) is 0. The van der Waals surface area contributed by atoms with E-state index >= 15 is 0 Å². The Bertz CT molecular complexity index is 1280. The first-order chi connectivity index (χ1) is 20.9. The summed E-state index contributed by atoms with van der Waals surface area (Å²) in [5, 5.41) is 0. The van der Waals surface area contributed by atoms with Gasteiger partial charge in [-0.05, 0) is 47.4 Å². The van der Waals surface area contributed by atoms with Gasteiger partial charge in [0, 0.05) is 13.1 Å². The van der Waals surface area contributed by atoms with Crippen molar-refractivity contribution in [3.8, 4) is 0 Å². The van der Waals surface area contributed by atoms with Crippen molar-refractivity contribution in [3.05, 3.63) is 81.9 Å². The fourth-order valence-electron chi connectivity index (χ4n) is 6.45. The van der Waals surface area contributed by atoms with E-state index < -0.39 is 0 Å². The van der Waals surface area contributed by atoms with Crippen molar-refractivity contribution in [1.29, 1.82) is 0 Å². The topological polar surface area (TPSA) is 40.6 Å². The van der Waals surface area contributed by atoms with Crippen LogP contribution in [0.3, 0.4) is 0 Å². The maximum atomic E-state index is 14.4. The van der Waals surface area contributed by atoms with E-state index in [-0.39, 0.29) is 11.8 Å². The van der Waals surface area contributed by atoms with Crippen LogP contribution in [-0.4, -0.2) is 34.7 Å². The van der Waals surface area contributed by atoms with Gasteiger partial charge in [0.05, 0.1) is 22.5 Å². The van der Waals surface area contributed by atoms with Crippen molar-refractivity contribution in [2.24, 2.45) is 0 Å². The fraction of sp³-hybridized carbons (Fsp3) is 0.538. The first kappa shape index (κ1) is 32.8. The predicted molar refractivity (Wildman–Crippen MR) is 180 cm³/mol. The van der Waals surface area contributed by atoms with Crippen molar-refractivity contribution in [1.82, 2.24) is 9.80 Å². The standard InChI is InChI=1S/C39H54N2O2/c1-6-9-11-13-15-17-27-40-36(32-21-19-30(8-3)20-22-32)34-35(39(40)43)37(33-25-23-31(24-26-33)29(4)5)41(38(34)42)28-18-16-14-12-10-7-2/h19-26,29H,6-18,27-28H2,1-5H3. The van der Waals surface area contributed by atoms with Gasteiger partial charge >= 0.3 is 0 Å². The van der Waals surface area contributed by atoms with Gasteiger partial charge in [-0.15, -0.1) is 0 Å². The van der Waals surface area contributed by atoms with E-state index in [1.165, 1.54) is 62.5 Å². The molecule has 232 valence electrons. The number of hydrogen-bond acceptors (Lipinski definition) is 2. The zero-order chi connectivity index (χ0) is 30.8. The monoisotopic (exact) mass is 582 g/mol. The molecule has 0 saturated carbocycles. The Kier molecular flexibility index (Phi) is 12.3. The van der Waals surface area contributed by atoms with Gasteiger partial charge in [0.25, 0.3) is 11.8 Å². The van der Waals surface area contributed by atoms with E-state index in [2.05, 4.69) is 83.1 Å². The minimum Gasteiger partial charge on any atom is -0.307 e. The number of rotatable bonds is 18. The molecule has 0 bridgehead atoms. The van der Waals surface area contributed by atoms with E-state index in [9.17, 15) is 9.59 Å². The second kappa shape index (κ2) is 16.1. The molecule has 0 atom stereocenters. The lowest BCUT2D eigenvalue weighted by Crippen LogP contribution is -2.31. The van der Waals surface area contributed by atoms with Crippen LogP contribution in [-0.2, 0) is 16.0 Å². The molecule has 0 aromatic heterocycles. The lowest BCUT2D eigenvalue weighted by molar-refractivity contribution is -0.124. The van der Waals surface area contributed by atoms with Crippen molar-refractivity contribution in [2.45, 2.75) is 124 Å². The highest BCUT2D eigenvalue weighted by atomic mass is 16.2. The van der Waals surface area contributed by atoms with Gasteiger partial charge in [-0.1, -0.05) is 147 Å². The maximum Gasteiger partial charge on any atom is 0.261 e. The molecule has 4 nitrogen and oxygen atoms in total. The summed E-state index contributed by atoms with van der Waals surface area (Å²) < 4.78 is 0. The highest BCUT2D eigenvalue weighted by Crippen LogP contribution is 2.47. The molecule has 4 rings (SSSR count). The van der Waals surface area contributed by atoms with E-state index in [1.54, 1.807) is 0 Å². The van der Waals surface area contributed by atoms with Crippen molar-refractivity contribution in [3.63, 3.8) is 0 Å². The van der Waals surface area contributed by atoms with Crippen molar-refractivity contribution in [2.75, 3.05) is 13.1 Å². The third-order valence-corrected chi connectivity index (χ3v) is 9.14. The smallest absolute Gasteiger partial charge is 0.261 e. The minimum absolute atomic E-state index is 0.0140. The molecule has 2 aromatic rings. The summed E-state index contributed by atoms with van der Waals surface area (Å²) in [5.74, 6) is 0.393. The van der Waals surface area contributed by atoms with Crippen molar-refractivity contribution < 1.29 is 9.59 Å². The quantitative estimate of drug-likeness (QED) is 0.164. The molecule has 0 fully saturated rings. The Morgan fingerprint density at radius 3 is 1.33 bits per heavy atom. The van der Waals surface area contributed by atoms with Crippen LogP contribution >= 0.6 is 0 Å². The van der Waals surface area contributed by atoms with Crippen LogP contribution in [0.2, 0.25) is 0 Å². The highest BCUT2D eigenvalue weighted by Gasteiger charge is 2.48. The van der Waals surface area contributed by atoms with Crippen LogP contribution in [0, 0.1) is 0 Å². The Labute approximate surface area is 261 Å². The van der Waals surface area contributed by atoms with Gasteiger partial charge in [0.2, 0.25) is 0 Å². The third kappa shape index (κ3) is 7.69. The molecule has 0 N–H and O–H groups in total. The lowest BCUT2D eigenvalue weighted by Gasteiger charge is -2.26. The van der Waals surface area contributed by atoms with Crippen LogP contribution in [0.25, 0.3) is 11.4 Å². The van der Waals surface area contributed by atoms with Crippen LogP contribution in [0.1, 0.15) is 140 Å². The molecule has 2 heterocycles. The molecular weight excluding hydrogens is 528 g/mol. The van der Waals surface area contributed by atoms with Gasteiger partial charge in [0.1, 0.15) is 0 Å². The molecule has 0 radical (unpaired) electrons. The third-order valence-electron chi connectivity index (χ3n) is 9.14. The normalized spacial score (nSPS) is 15.1. The average molecular weight is 583 g/mol. The second-order valence-corrected chi connectivity index (χ2v) is 12.7. The second-order valence-electron chi connectivity index (χ2n) is 12.7. The molecule has 0 unspecified atom stereocenters. The number of amides is 2. The molecule has 2 aromatic carbocycles. The maximum absolute atomic E-state index is 14.4. The Balaban J connectivity index is 1.74. The summed E-state index contributed by atoms with van der Waals surface area (Å²) in [6, 6.07) is 17.0. The van der Waals surface area contributed by atoms with Gasteiger partial charge in [-0.25, -0.2) is 0 Å². The zero-order valence-electron chi connectivity index (χ0n) is 27.5. The molecule has 2 aliphatic rings. The minimum atomic E-state index is -0.0140. The number of carbonyl (C=O) groups excluding carboxylic acids is 2. The van der Waals surface area contributed by atoms with Gasteiger partial charge in [-0.2, -0.15) is 0 Å². The number of carbonyl (C=O) groups is 2. The molecule has 2 aliphatic heterocycles. The van der Waals surface area contributed by atoms with Crippen LogP contribution in [0.15, 0.2) is 59.7 Å². The molecule has 0 aliphatic carbocycles.